The van der Waals surface area contributed by atoms with E-state index < -0.39 is 23.5 Å². The van der Waals surface area contributed by atoms with E-state index in [2.05, 4.69) is 20.3 Å². The number of carbonyl (C=O) groups is 2. The number of amides is 1. The summed E-state index contributed by atoms with van der Waals surface area (Å²) in [5, 5.41) is 9.62. The molecule has 120 valence electrons. The zero-order valence-corrected chi connectivity index (χ0v) is 14.4. The van der Waals surface area contributed by atoms with Gasteiger partial charge < -0.3 is 4.74 Å². The van der Waals surface area contributed by atoms with Crippen LogP contribution in [0, 0.1) is 15.2 Å². The highest BCUT2D eigenvalue weighted by molar-refractivity contribution is 14.1. The molecule has 1 aliphatic heterocycles. The molecule has 1 aromatic rings. The molecule has 0 radical (unpaired) electrons. The van der Waals surface area contributed by atoms with E-state index in [1.54, 1.807) is 22.6 Å². The smallest absolute Gasteiger partial charge is 0.331 e. The lowest BCUT2D eigenvalue weighted by atomic mass is 10.2. The number of hydrogen-bond donors (Lipinski definition) is 1. The normalized spacial score (nSPS) is 18.0. The highest BCUT2D eigenvalue weighted by Gasteiger charge is 2.25. The van der Waals surface area contributed by atoms with Crippen molar-refractivity contribution in [3.63, 3.8) is 0 Å². The quantitative estimate of drug-likeness (QED) is 0.251. The molecule has 0 saturated carbocycles. The number of halogens is 3. The molecule has 0 spiro atoms. The number of ether oxygens (including phenoxy) is 1. The molecule has 2 rings (SSSR count). The first-order valence-electron chi connectivity index (χ1n) is 5.95. The van der Waals surface area contributed by atoms with Crippen LogP contribution in [0.15, 0.2) is 33.3 Å². The maximum atomic E-state index is 13.6. The van der Waals surface area contributed by atoms with Crippen LogP contribution in [-0.2, 0) is 14.3 Å². The van der Waals surface area contributed by atoms with Gasteiger partial charge in [-0.1, -0.05) is 0 Å². The van der Waals surface area contributed by atoms with E-state index in [0.29, 0.717) is 3.57 Å². The van der Waals surface area contributed by atoms with Crippen molar-refractivity contribution in [3.8, 4) is 0 Å². The molecular formula is C13H8F2IN3O3S. The molecule has 1 amide bonds. The largest absolute Gasteiger partial charge is 0.466 e. The fourth-order valence-electron chi connectivity index (χ4n) is 1.46. The van der Waals surface area contributed by atoms with Crippen LogP contribution in [-0.4, -0.2) is 30.4 Å². The number of methoxy groups -OCH3 is 1. The fraction of sp³-hybridized carbons (Fsp3) is 0.0769. The van der Waals surface area contributed by atoms with Crippen molar-refractivity contribution in [2.75, 3.05) is 7.11 Å². The van der Waals surface area contributed by atoms with Crippen molar-refractivity contribution in [3.05, 3.63) is 43.9 Å². The lowest BCUT2D eigenvalue weighted by molar-refractivity contribution is -0.135. The summed E-state index contributed by atoms with van der Waals surface area (Å²) >= 11 is 2.64. The first-order valence-corrected chi connectivity index (χ1v) is 7.84. The minimum atomic E-state index is -0.771. The highest BCUT2D eigenvalue weighted by atomic mass is 127. The van der Waals surface area contributed by atoms with E-state index in [9.17, 15) is 18.4 Å². The van der Waals surface area contributed by atoms with Crippen molar-refractivity contribution < 1.29 is 23.1 Å². The predicted molar refractivity (Wildman–Crippen MR) is 89.9 cm³/mol. The highest BCUT2D eigenvalue weighted by Crippen LogP contribution is 2.23. The van der Waals surface area contributed by atoms with Gasteiger partial charge in [0, 0.05) is 9.65 Å². The summed E-state index contributed by atoms with van der Waals surface area (Å²) in [5.74, 6) is -2.77. The maximum absolute atomic E-state index is 13.6. The van der Waals surface area contributed by atoms with Gasteiger partial charge in [-0.2, -0.15) is 5.10 Å². The van der Waals surface area contributed by atoms with E-state index in [4.69, 9.17) is 0 Å². The van der Waals surface area contributed by atoms with Crippen molar-refractivity contribution in [2.45, 2.75) is 0 Å². The molecule has 23 heavy (non-hydrogen) atoms. The monoisotopic (exact) mass is 451 g/mol. The summed E-state index contributed by atoms with van der Waals surface area (Å²) in [5.41, 5.74) is -0.339. The van der Waals surface area contributed by atoms with E-state index in [0.717, 1.165) is 36.2 Å². The second kappa shape index (κ2) is 7.64. The number of rotatable bonds is 3. The van der Waals surface area contributed by atoms with E-state index in [1.165, 1.54) is 7.11 Å². The number of amidine groups is 1. The third-order valence-corrected chi connectivity index (χ3v) is 4.00. The number of nitrogens with one attached hydrogen (secondary N) is 1. The van der Waals surface area contributed by atoms with Crippen LogP contribution in [0.4, 0.5) is 8.78 Å². The number of benzene rings is 1. The van der Waals surface area contributed by atoms with Crippen LogP contribution in [0.25, 0.3) is 0 Å². The molecule has 1 aliphatic rings. The molecule has 1 aromatic carbocycles. The minimum absolute atomic E-state index is 0.0766. The SMILES string of the molecule is COC(=O)/C=C1/S/C(=N\N=Cc2c(F)cc(I)cc2F)NC1=O. The molecular weight excluding hydrogens is 443 g/mol. The fourth-order valence-corrected chi connectivity index (χ4v) is 2.74. The molecule has 1 N–H and O–H groups in total. The summed E-state index contributed by atoms with van der Waals surface area (Å²) in [7, 11) is 1.18. The second-order valence-corrected chi connectivity index (χ2v) is 6.30. The third kappa shape index (κ3) is 4.58. The van der Waals surface area contributed by atoms with Crippen molar-refractivity contribution in [2.24, 2.45) is 10.2 Å². The Morgan fingerprint density at radius 3 is 2.65 bits per heavy atom. The molecule has 0 aliphatic carbocycles. The van der Waals surface area contributed by atoms with Crippen molar-refractivity contribution in [1.29, 1.82) is 0 Å². The van der Waals surface area contributed by atoms with Gasteiger partial charge in [0.05, 0.1) is 23.8 Å². The minimum Gasteiger partial charge on any atom is -0.466 e. The average molecular weight is 451 g/mol. The summed E-state index contributed by atoms with van der Waals surface area (Å²) in [4.78, 5) is 22.7. The number of carbonyl (C=O) groups excluding carboxylic acids is 2. The van der Waals surface area contributed by atoms with Crippen LogP contribution >= 0.6 is 34.4 Å². The first kappa shape index (κ1) is 17.5. The number of nitrogens with zero attached hydrogens (tertiary/aromatic N) is 2. The number of thioether (sulfide) groups is 1. The van der Waals surface area contributed by atoms with Gasteiger partial charge in [0.1, 0.15) is 11.6 Å². The topological polar surface area (TPSA) is 80.1 Å². The van der Waals surface area contributed by atoms with E-state index in [-0.39, 0.29) is 15.6 Å². The molecule has 0 bridgehead atoms. The molecule has 0 atom stereocenters. The Labute approximate surface area is 147 Å². The van der Waals surface area contributed by atoms with Gasteiger partial charge in [0.15, 0.2) is 5.17 Å². The Morgan fingerprint density at radius 1 is 1.39 bits per heavy atom. The van der Waals surface area contributed by atoms with Gasteiger partial charge in [-0.15, -0.1) is 5.10 Å². The molecule has 1 heterocycles. The van der Waals surface area contributed by atoms with Gasteiger partial charge in [-0.05, 0) is 46.5 Å². The van der Waals surface area contributed by atoms with Crippen LogP contribution in [0.3, 0.4) is 0 Å². The van der Waals surface area contributed by atoms with Crippen LogP contribution < -0.4 is 5.32 Å². The molecule has 6 nitrogen and oxygen atoms in total. The van der Waals surface area contributed by atoms with Gasteiger partial charge in [0.2, 0.25) is 0 Å². The van der Waals surface area contributed by atoms with Crippen LogP contribution in [0.2, 0.25) is 0 Å². The summed E-state index contributed by atoms with van der Waals surface area (Å²) in [6.07, 6.45) is 1.91. The first-order chi connectivity index (χ1) is 10.9. The summed E-state index contributed by atoms with van der Waals surface area (Å²) < 4.78 is 32.0. The average Bonchev–Trinajstić information content (AvgIpc) is 2.81. The Kier molecular flexibility index (Phi) is 5.82. The Morgan fingerprint density at radius 2 is 2.04 bits per heavy atom. The van der Waals surface area contributed by atoms with E-state index >= 15 is 0 Å². The molecule has 10 heteroatoms. The van der Waals surface area contributed by atoms with Gasteiger partial charge in [-0.25, -0.2) is 13.6 Å². The number of hydrogen-bond acceptors (Lipinski definition) is 6. The van der Waals surface area contributed by atoms with Gasteiger partial charge in [0.25, 0.3) is 5.91 Å². The molecule has 0 aromatic heterocycles. The molecule has 1 saturated heterocycles. The molecule has 0 unspecified atom stereocenters. The van der Waals surface area contributed by atoms with Crippen molar-refractivity contribution >= 4 is 57.6 Å². The Balaban J connectivity index is 2.14. The zero-order valence-electron chi connectivity index (χ0n) is 11.5. The second-order valence-electron chi connectivity index (χ2n) is 4.02. The lowest BCUT2D eigenvalue weighted by Crippen LogP contribution is -2.19. The van der Waals surface area contributed by atoms with E-state index in [1.807, 2.05) is 0 Å². The standard InChI is InChI=1S/C13H8F2IN3O3S/c1-22-11(20)4-10-12(21)18-13(23-10)19-17-5-7-8(14)2-6(16)3-9(7)15/h2-5H,1H3,(H,18,19,21)/b10-4+,17-5?. The predicted octanol–water partition coefficient (Wildman–Crippen LogP) is 2.18. The molecule has 1 fully saturated rings. The van der Waals surface area contributed by atoms with Gasteiger partial charge >= 0.3 is 5.97 Å². The Bertz CT molecular complexity index is 742. The number of esters is 1. The van der Waals surface area contributed by atoms with Crippen molar-refractivity contribution in [1.82, 2.24) is 5.32 Å². The van der Waals surface area contributed by atoms with Crippen LogP contribution in [0.5, 0.6) is 0 Å². The lowest BCUT2D eigenvalue weighted by Gasteiger charge is -1.99. The summed E-state index contributed by atoms with van der Waals surface area (Å²) in [6, 6.07) is 2.31. The zero-order chi connectivity index (χ0) is 17.0. The third-order valence-electron chi connectivity index (χ3n) is 2.48. The van der Waals surface area contributed by atoms with Gasteiger partial charge in [-0.3, -0.25) is 10.1 Å². The summed E-state index contributed by atoms with van der Waals surface area (Å²) in [6.45, 7) is 0. The maximum Gasteiger partial charge on any atom is 0.331 e. The Hall–Kier alpha value is -1.82. The van der Waals surface area contributed by atoms with Crippen LogP contribution in [0.1, 0.15) is 5.56 Å².